The number of fused-ring (bicyclic) bond motifs is 1. The predicted molar refractivity (Wildman–Crippen MR) is 109 cm³/mol. The monoisotopic (exact) mass is 416 g/mol. The van der Waals surface area contributed by atoms with E-state index >= 15 is 0 Å². The van der Waals surface area contributed by atoms with Crippen LogP contribution in [0, 0.1) is 5.82 Å². The lowest BCUT2D eigenvalue weighted by atomic mass is 10.1. The molecule has 2 amide bonds. The standard InChI is InChI=1S/C19H10ClFN2O2S2/c20-11-1-4-13(5-2-11)23-18(25)15(17(24)22-19(23)26)7-10-9-27-16-6-3-12(21)8-14(10)16/h1-9H,(H,22,24,26). The second-order valence-electron chi connectivity index (χ2n) is 5.77. The number of thiophene rings is 1. The molecule has 0 unspecified atom stereocenters. The topological polar surface area (TPSA) is 49.4 Å². The molecule has 4 nitrogen and oxygen atoms in total. The first-order valence-electron chi connectivity index (χ1n) is 7.78. The number of nitrogens with one attached hydrogen (secondary N) is 1. The van der Waals surface area contributed by atoms with Gasteiger partial charge in [0.25, 0.3) is 11.8 Å². The van der Waals surface area contributed by atoms with Crippen molar-refractivity contribution in [2.24, 2.45) is 0 Å². The summed E-state index contributed by atoms with van der Waals surface area (Å²) in [5.74, 6) is -1.53. The van der Waals surface area contributed by atoms with Gasteiger partial charge in [-0.15, -0.1) is 11.3 Å². The summed E-state index contributed by atoms with van der Waals surface area (Å²) in [5, 5.41) is 5.44. The summed E-state index contributed by atoms with van der Waals surface area (Å²) in [6.45, 7) is 0. The maximum Gasteiger partial charge on any atom is 0.270 e. The van der Waals surface area contributed by atoms with Gasteiger partial charge in [-0.05, 0) is 71.7 Å². The summed E-state index contributed by atoms with van der Waals surface area (Å²) in [6, 6.07) is 10.9. The Morgan fingerprint density at radius 3 is 2.63 bits per heavy atom. The largest absolute Gasteiger partial charge is 0.298 e. The number of benzene rings is 2. The zero-order valence-corrected chi connectivity index (χ0v) is 15.9. The SMILES string of the molecule is O=C1NC(=S)N(c2ccc(Cl)cc2)C(=O)C1=Cc1csc2ccc(F)cc12. The van der Waals surface area contributed by atoms with E-state index in [0.717, 1.165) is 4.70 Å². The molecule has 134 valence electrons. The number of carbonyl (C=O) groups excluding carboxylic acids is 2. The summed E-state index contributed by atoms with van der Waals surface area (Å²) in [7, 11) is 0. The molecule has 0 saturated carbocycles. The Labute approximate surface area is 167 Å². The number of halogens is 2. The fraction of sp³-hybridized carbons (Fsp3) is 0. The summed E-state index contributed by atoms with van der Waals surface area (Å²) < 4.78 is 14.5. The summed E-state index contributed by atoms with van der Waals surface area (Å²) in [4.78, 5) is 26.6. The average molecular weight is 417 g/mol. The van der Waals surface area contributed by atoms with Crippen LogP contribution >= 0.6 is 35.2 Å². The molecule has 1 aliphatic rings. The number of carbonyl (C=O) groups is 2. The van der Waals surface area contributed by atoms with Gasteiger partial charge < -0.3 is 0 Å². The summed E-state index contributed by atoms with van der Waals surface area (Å²) in [6.07, 6.45) is 1.46. The molecular weight excluding hydrogens is 407 g/mol. The lowest BCUT2D eigenvalue weighted by Crippen LogP contribution is -2.54. The van der Waals surface area contributed by atoms with E-state index in [9.17, 15) is 14.0 Å². The predicted octanol–water partition coefficient (Wildman–Crippen LogP) is 4.53. The fourth-order valence-electron chi connectivity index (χ4n) is 2.77. The zero-order valence-electron chi connectivity index (χ0n) is 13.5. The summed E-state index contributed by atoms with van der Waals surface area (Å²) in [5.41, 5.74) is 1.00. The van der Waals surface area contributed by atoms with Gasteiger partial charge in [-0.3, -0.25) is 19.8 Å². The molecule has 1 aliphatic heterocycles. The van der Waals surface area contributed by atoms with Crippen LogP contribution in [0.15, 0.2) is 53.4 Å². The Balaban J connectivity index is 1.79. The minimum Gasteiger partial charge on any atom is -0.298 e. The first-order chi connectivity index (χ1) is 12.9. The fourth-order valence-corrected chi connectivity index (χ4v) is 4.08. The van der Waals surface area contributed by atoms with Crippen molar-refractivity contribution in [3.63, 3.8) is 0 Å². The van der Waals surface area contributed by atoms with Gasteiger partial charge in [-0.25, -0.2) is 4.39 Å². The Kier molecular flexibility index (Phi) is 4.51. The highest BCUT2D eigenvalue weighted by atomic mass is 35.5. The Bertz CT molecular complexity index is 1140. The average Bonchev–Trinajstić information content (AvgIpc) is 3.02. The third-order valence-corrected chi connectivity index (χ3v) is 5.57. The normalized spacial score (nSPS) is 16.3. The van der Waals surface area contributed by atoms with Crippen molar-refractivity contribution in [1.29, 1.82) is 0 Å². The van der Waals surface area contributed by atoms with Crippen LogP contribution in [0.5, 0.6) is 0 Å². The number of hydrogen-bond donors (Lipinski definition) is 1. The van der Waals surface area contributed by atoms with E-state index in [0.29, 0.717) is 21.7 Å². The van der Waals surface area contributed by atoms with Crippen LogP contribution in [-0.2, 0) is 9.59 Å². The highest BCUT2D eigenvalue weighted by Gasteiger charge is 2.34. The van der Waals surface area contributed by atoms with Crippen LogP contribution < -0.4 is 10.2 Å². The highest BCUT2D eigenvalue weighted by Crippen LogP contribution is 2.30. The third-order valence-electron chi connectivity index (χ3n) is 4.05. The number of anilines is 1. The van der Waals surface area contributed by atoms with Crippen molar-refractivity contribution in [2.45, 2.75) is 0 Å². The number of nitrogens with zero attached hydrogens (tertiary/aromatic N) is 1. The Morgan fingerprint density at radius 2 is 1.89 bits per heavy atom. The van der Waals surface area contributed by atoms with Crippen LogP contribution in [0.4, 0.5) is 10.1 Å². The van der Waals surface area contributed by atoms with E-state index in [4.69, 9.17) is 23.8 Å². The molecular formula is C19H10ClFN2O2S2. The molecule has 27 heavy (non-hydrogen) atoms. The van der Waals surface area contributed by atoms with Crippen LogP contribution in [0.1, 0.15) is 5.56 Å². The van der Waals surface area contributed by atoms with Crippen molar-refractivity contribution in [1.82, 2.24) is 5.32 Å². The summed E-state index contributed by atoms with van der Waals surface area (Å²) >= 11 is 12.5. The first kappa shape index (κ1) is 17.8. The Hall–Kier alpha value is -2.61. The zero-order chi connectivity index (χ0) is 19.1. The second kappa shape index (κ2) is 6.84. The van der Waals surface area contributed by atoms with E-state index in [1.54, 1.807) is 35.7 Å². The van der Waals surface area contributed by atoms with Crippen LogP contribution in [0.2, 0.25) is 5.02 Å². The Morgan fingerprint density at radius 1 is 1.15 bits per heavy atom. The molecule has 2 aromatic carbocycles. The van der Waals surface area contributed by atoms with Crippen molar-refractivity contribution in [2.75, 3.05) is 4.90 Å². The molecule has 1 saturated heterocycles. The van der Waals surface area contributed by atoms with E-state index in [2.05, 4.69) is 5.32 Å². The van der Waals surface area contributed by atoms with Crippen LogP contribution in [-0.4, -0.2) is 16.9 Å². The minimum atomic E-state index is -0.592. The van der Waals surface area contributed by atoms with Crippen molar-refractivity contribution >= 4 is 73.9 Å². The molecule has 0 atom stereocenters. The van der Waals surface area contributed by atoms with Gasteiger partial charge in [-0.2, -0.15) is 0 Å². The molecule has 1 aromatic heterocycles. The van der Waals surface area contributed by atoms with E-state index in [1.807, 2.05) is 0 Å². The van der Waals surface area contributed by atoms with Crippen molar-refractivity contribution in [3.8, 4) is 0 Å². The molecule has 0 bridgehead atoms. The van der Waals surface area contributed by atoms with Gasteiger partial charge in [0.1, 0.15) is 11.4 Å². The maximum absolute atomic E-state index is 13.6. The molecule has 0 spiro atoms. The quantitative estimate of drug-likeness (QED) is 0.379. The third kappa shape index (κ3) is 3.25. The lowest BCUT2D eigenvalue weighted by Gasteiger charge is -2.28. The van der Waals surface area contributed by atoms with Crippen molar-refractivity contribution < 1.29 is 14.0 Å². The number of thiocarbonyl (C=S) groups is 1. The molecule has 8 heteroatoms. The number of hydrogen-bond acceptors (Lipinski definition) is 4. The number of rotatable bonds is 2. The smallest absolute Gasteiger partial charge is 0.270 e. The first-order valence-corrected chi connectivity index (χ1v) is 9.44. The van der Waals surface area contributed by atoms with E-state index in [1.165, 1.54) is 34.4 Å². The van der Waals surface area contributed by atoms with Gasteiger partial charge in [0.2, 0.25) is 0 Å². The molecule has 0 aliphatic carbocycles. The van der Waals surface area contributed by atoms with E-state index < -0.39 is 11.8 Å². The molecule has 2 heterocycles. The number of amides is 2. The van der Waals surface area contributed by atoms with Gasteiger partial charge in [0.05, 0.1) is 5.69 Å². The molecule has 4 rings (SSSR count). The van der Waals surface area contributed by atoms with Gasteiger partial charge >= 0.3 is 0 Å². The van der Waals surface area contributed by atoms with Gasteiger partial charge in [0, 0.05) is 15.1 Å². The van der Waals surface area contributed by atoms with Crippen LogP contribution in [0.3, 0.4) is 0 Å². The molecule has 1 fully saturated rings. The highest BCUT2D eigenvalue weighted by molar-refractivity contribution is 7.80. The van der Waals surface area contributed by atoms with E-state index in [-0.39, 0.29) is 16.5 Å². The maximum atomic E-state index is 13.6. The lowest BCUT2D eigenvalue weighted by molar-refractivity contribution is -0.122. The molecule has 0 radical (unpaired) electrons. The molecule has 3 aromatic rings. The van der Waals surface area contributed by atoms with Crippen molar-refractivity contribution in [3.05, 3.63) is 69.8 Å². The van der Waals surface area contributed by atoms with Gasteiger partial charge in [-0.1, -0.05) is 11.6 Å². The minimum absolute atomic E-state index is 0.00862. The van der Waals surface area contributed by atoms with Gasteiger partial charge in [0.15, 0.2) is 5.11 Å². The second-order valence-corrected chi connectivity index (χ2v) is 7.50. The van der Waals surface area contributed by atoms with Crippen LogP contribution in [0.25, 0.3) is 16.2 Å². The molecule has 1 N–H and O–H groups in total.